The van der Waals surface area contributed by atoms with Crippen molar-refractivity contribution in [3.63, 3.8) is 0 Å². The molecule has 3 heterocycles. The Morgan fingerprint density at radius 1 is 1.06 bits per heavy atom. The molecule has 0 N–H and O–H groups in total. The smallest absolute Gasteiger partial charge is 0.106 e. The van der Waals surface area contributed by atoms with Crippen LogP contribution in [0.3, 0.4) is 0 Å². The van der Waals surface area contributed by atoms with E-state index >= 15 is 0 Å². The quantitative estimate of drug-likeness (QED) is 0.459. The minimum atomic E-state index is 0.888. The molecule has 88 valence electrons. The summed E-state index contributed by atoms with van der Waals surface area (Å²) in [5, 5.41) is 0. The Balaban J connectivity index is 2.12. The van der Waals surface area contributed by atoms with Crippen LogP contribution >= 0.6 is 0 Å². The maximum atomic E-state index is 4.44. The number of aromatic nitrogens is 3. The van der Waals surface area contributed by atoms with E-state index in [1.54, 1.807) is 0 Å². The van der Waals surface area contributed by atoms with Crippen molar-refractivity contribution in [1.29, 1.82) is 0 Å². The standard InChI is InChI=1S/C15H13N3/c1-11-16-9-15-14-7-4-8-17(14)13-6-3-2-5-12(13)10-18(11)15/h2-9H,10H2,1H3. The molecule has 0 amide bonds. The van der Waals surface area contributed by atoms with Crippen LogP contribution in [-0.4, -0.2) is 14.1 Å². The predicted octanol–water partition coefficient (Wildman–Crippen LogP) is 3.01. The van der Waals surface area contributed by atoms with Gasteiger partial charge in [0.15, 0.2) is 0 Å². The molecular weight excluding hydrogens is 222 g/mol. The number of rotatable bonds is 0. The highest BCUT2D eigenvalue weighted by molar-refractivity contribution is 5.62. The van der Waals surface area contributed by atoms with Gasteiger partial charge < -0.3 is 9.13 Å². The molecule has 18 heavy (non-hydrogen) atoms. The van der Waals surface area contributed by atoms with Gasteiger partial charge in [-0.2, -0.15) is 0 Å². The van der Waals surface area contributed by atoms with E-state index in [9.17, 15) is 0 Å². The zero-order valence-electron chi connectivity index (χ0n) is 10.2. The van der Waals surface area contributed by atoms with Crippen LogP contribution in [0, 0.1) is 6.92 Å². The Kier molecular flexibility index (Phi) is 1.81. The van der Waals surface area contributed by atoms with Crippen LogP contribution in [0.2, 0.25) is 0 Å². The van der Waals surface area contributed by atoms with Crippen LogP contribution in [0.15, 0.2) is 48.8 Å². The molecule has 0 atom stereocenters. The van der Waals surface area contributed by atoms with E-state index in [4.69, 9.17) is 0 Å². The van der Waals surface area contributed by atoms with Crippen molar-refractivity contribution in [2.45, 2.75) is 13.5 Å². The molecule has 0 bridgehead atoms. The summed E-state index contributed by atoms with van der Waals surface area (Å²) in [5.41, 5.74) is 4.99. The summed E-state index contributed by atoms with van der Waals surface area (Å²) in [7, 11) is 0. The lowest BCUT2D eigenvalue weighted by atomic mass is 10.2. The van der Waals surface area contributed by atoms with E-state index in [-0.39, 0.29) is 0 Å². The Hall–Kier alpha value is -2.29. The molecule has 2 aromatic heterocycles. The Morgan fingerprint density at radius 3 is 2.89 bits per heavy atom. The fourth-order valence-corrected chi connectivity index (χ4v) is 2.72. The van der Waals surface area contributed by atoms with Gasteiger partial charge >= 0.3 is 0 Å². The van der Waals surface area contributed by atoms with E-state index in [2.05, 4.69) is 63.6 Å². The third kappa shape index (κ3) is 1.16. The summed E-state index contributed by atoms with van der Waals surface area (Å²) in [5.74, 6) is 1.06. The van der Waals surface area contributed by atoms with Gasteiger partial charge in [0, 0.05) is 6.20 Å². The molecule has 3 nitrogen and oxygen atoms in total. The molecule has 3 heteroatoms. The maximum Gasteiger partial charge on any atom is 0.106 e. The van der Waals surface area contributed by atoms with Gasteiger partial charge in [-0.1, -0.05) is 18.2 Å². The number of para-hydroxylation sites is 1. The Labute approximate surface area is 105 Å². The summed E-state index contributed by atoms with van der Waals surface area (Å²) < 4.78 is 4.52. The van der Waals surface area contributed by atoms with Crippen molar-refractivity contribution < 1.29 is 0 Å². The zero-order valence-corrected chi connectivity index (χ0v) is 10.2. The highest BCUT2D eigenvalue weighted by atomic mass is 15.1. The minimum absolute atomic E-state index is 0.888. The van der Waals surface area contributed by atoms with Crippen molar-refractivity contribution in [3.05, 3.63) is 60.2 Å². The third-order valence-corrected chi connectivity index (χ3v) is 3.65. The lowest BCUT2D eigenvalue weighted by Crippen LogP contribution is -2.02. The van der Waals surface area contributed by atoms with E-state index in [1.807, 2.05) is 6.20 Å². The van der Waals surface area contributed by atoms with Crippen LogP contribution in [0.5, 0.6) is 0 Å². The summed E-state index contributed by atoms with van der Waals surface area (Å²) in [4.78, 5) is 4.44. The van der Waals surface area contributed by atoms with Crippen LogP contribution in [0.25, 0.3) is 17.1 Å². The predicted molar refractivity (Wildman–Crippen MR) is 70.8 cm³/mol. The molecular formula is C15H13N3. The lowest BCUT2D eigenvalue weighted by Gasteiger charge is -2.09. The molecule has 0 aliphatic carbocycles. The summed E-state index contributed by atoms with van der Waals surface area (Å²) in [6.45, 7) is 2.95. The topological polar surface area (TPSA) is 22.8 Å². The largest absolute Gasteiger partial charge is 0.322 e. The third-order valence-electron chi connectivity index (χ3n) is 3.65. The number of imidazole rings is 1. The molecule has 1 aromatic carbocycles. The first-order chi connectivity index (χ1) is 8.84. The molecule has 0 saturated carbocycles. The molecule has 0 fully saturated rings. The number of benzene rings is 1. The maximum absolute atomic E-state index is 4.44. The molecule has 4 rings (SSSR count). The van der Waals surface area contributed by atoms with Gasteiger partial charge in [0.05, 0.1) is 29.8 Å². The first kappa shape index (κ1) is 9.71. The number of hydrogen-bond acceptors (Lipinski definition) is 1. The van der Waals surface area contributed by atoms with E-state index < -0.39 is 0 Å². The molecule has 0 spiro atoms. The number of fused-ring (bicyclic) bond motifs is 5. The summed E-state index contributed by atoms with van der Waals surface area (Å²) in [6.07, 6.45) is 4.08. The fraction of sp³-hybridized carbons (Fsp3) is 0.133. The van der Waals surface area contributed by atoms with Gasteiger partial charge in [0.25, 0.3) is 0 Å². The van der Waals surface area contributed by atoms with Gasteiger partial charge in [-0.25, -0.2) is 4.98 Å². The molecule has 0 radical (unpaired) electrons. The van der Waals surface area contributed by atoms with Crippen LogP contribution in [0.1, 0.15) is 11.4 Å². The van der Waals surface area contributed by atoms with Gasteiger partial charge in [0.1, 0.15) is 5.82 Å². The van der Waals surface area contributed by atoms with Crippen molar-refractivity contribution in [2.24, 2.45) is 0 Å². The van der Waals surface area contributed by atoms with Crippen molar-refractivity contribution >= 4 is 0 Å². The molecule has 3 aromatic rings. The first-order valence-electron chi connectivity index (χ1n) is 6.13. The highest BCUT2D eigenvalue weighted by Gasteiger charge is 2.19. The van der Waals surface area contributed by atoms with E-state index in [1.165, 1.54) is 22.6 Å². The van der Waals surface area contributed by atoms with Gasteiger partial charge in [0.2, 0.25) is 0 Å². The zero-order chi connectivity index (χ0) is 12.1. The van der Waals surface area contributed by atoms with Gasteiger partial charge in [-0.05, 0) is 30.7 Å². The van der Waals surface area contributed by atoms with E-state index in [0.717, 1.165) is 12.4 Å². The van der Waals surface area contributed by atoms with Crippen LogP contribution in [-0.2, 0) is 6.54 Å². The second-order valence-corrected chi connectivity index (χ2v) is 4.67. The summed E-state index contributed by atoms with van der Waals surface area (Å²) in [6, 6.07) is 12.8. The Morgan fingerprint density at radius 2 is 1.94 bits per heavy atom. The molecule has 1 aliphatic heterocycles. The SMILES string of the molecule is Cc1ncc2n1Cc1ccccc1-n1cccc1-2. The second-order valence-electron chi connectivity index (χ2n) is 4.67. The Bertz CT molecular complexity index is 734. The average molecular weight is 235 g/mol. The summed E-state index contributed by atoms with van der Waals surface area (Å²) >= 11 is 0. The lowest BCUT2D eigenvalue weighted by molar-refractivity contribution is 0.773. The number of nitrogens with zero attached hydrogens (tertiary/aromatic N) is 3. The van der Waals surface area contributed by atoms with Crippen molar-refractivity contribution in [2.75, 3.05) is 0 Å². The fourth-order valence-electron chi connectivity index (χ4n) is 2.72. The monoisotopic (exact) mass is 235 g/mol. The van der Waals surface area contributed by atoms with E-state index in [0.29, 0.717) is 0 Å². The van der Waals surface area contributed by atoms with Crippen LogP contribution in [0.4, 0.5) is 0 Å². The van der Waals surface area contributed by atoms with Crippen LogP contribution < -0.4 is 0 Å². The van der Waals surface area contributed by atoms with Gasteiger partial charge in [-0.15, -0.1) is 0 Å². The normalized spacial score (nSPS) is 12.5. The van der Waals surface area contributed by atoms with Gasteiger partial charge in [-0.3, -0.25) is 0 Å². The molecule has 0 unspecified atom stereocenters. The average Bonchev–Trinajstić information content (AvgIpc) is 2.96. The minimum Gasteiger partial charge on any atom is -0.322 e. The first-order valence-corrected chi connectivity index (χ1v) is 6.13. The van der Waals surface area contributed by atoms with Crippen molar-refractivity contribution in [3.8, 4) is 17.1 Å². The highest BCUT2D eigenvalue weighted by Crippen LogP contribution is 2.31. The molecule has 1 aliphatic rings. The van der Waals surface area contributed by atoms with Crippen molar-refractivity contribution in [1.82, 2.24) is 14.1 Å². The second kappa shape index (κ2) is 3.35. The molecule has 0 saturated heterocycles. The number of hydrogen-bond donors (Lipinski definition) is 0. The number of aryl methyl sites for hydroxylation is 1.